The lowest BCUT2D eigenvalue weighted by molar-refractivity contribution is -0.143. The fourth-order valence-corrected chi connectivity index (χ4v) is 5.79. The van der Waals surface area contributed by atoms with Crippen molar-refractivity contribution in [3.05, 3.63) is 102 Å². The summed E-state index contributed by atoms with van der Waals surface area (Å²) in [7, 11) is 0. The molecule has 3 aromatic carbocycles. The quantitative estimate of drug-likeness (QED) is 0.0691. The molecule has 12 nitrogen and oxygen atoms in total. The highest BCUT2D eigenvalue weighted by atomic mass is 16.5. The van der Waals surface area contributed by atoms with Gasteiger partial charge in [0.15, 0.2) is 5.82 Å². The molecule has 0 aliphatic rings. The van der Waals surface area contributed by atoms with Gasteiger partial charge in [-0.3, -0.25) is 14.4 Å². The van der Waals surface area contributed by atoms with Crippen molar-refractivity contribution >= 4 is 23.7 Å². The van der Waals surface area contributed by atoms with E-state index < -0.39 is 42.2 Å². The Labute approximate surface area is 323 Å². The monoisotopic (exact) mass is 751 g/mol. The summed E-state index contributed by atoms with van der Waals surface area (Å²) < 4.78 is 5.89. The summed E-state index contributed by atoms with van der Waals surface area (Å²) in [6.07, 6.45) is 8.91. The zero-order valence-electron chi connectivity index (χ0n) is 32.1. The largest absolute Gasteiger partial charge is 0.494 e. The van der Waals surface area contributed by atoms with Gasteiger partial charge in [0.1, 0.15) is 17.8 Å². The number of unbranched alkanes of at least 4 members (excludes halogenated alkanes) is 4. The van der Waals surface area contributed by atoms with E-state index in [-0.39, 0.29) is 25.0 Å². The van der Waals surface area contributed by atoms with Crippen molar-refractivity contribution in [2.24, 2.45) is 0 Å². The van der Waals surface area contributed by atoms with E-state index in [0.717, 1.165) is 34.4 Å². The number of aliphatic hydroxyl groups is 1. The fourth-order valence-electron chi connectivity index (χ4n) is 5.79. The first-order valence-electron chi connectivity index (χ1n) is 18.8. The number of hydrogen-bond donors (Lipinski definition) is 5. The number of carboxylic acids is 1. The number of rotatable bonds is 20. The molecule has 4 aromatic rings. The van der Waals surface area contributed by atoms with Crippen LogP contribution in [-0.2, 0) is 26.2 Å². The highest BCUT2D eigenvalue weighted by Gasteiger charge is 2.29. The molecule has 0 radical (unpaired) electrons. The van der Waals surface area contributed by atoms with Gasteiger partial charge in [-0.05, 0) is 52.8 Å². The molecule has 5 N–H and O–H groups in total. The molecule has 1 aromatic heterocycles. The van der Waals surface area contributed by atoms with E-state index in [1.807, 2.05) is 48.5 Å². The Hall–Kier alpha value is -5.62. The van der Waals surface area contributed by atoms with Crippen LogP contribution in [-0.4, -0.2) is 75.7 Å². The lowest BCUT2D eigenvalue weighted by atomic mass is 9.86. The van der Waals surface area contributed by atoms with Gasteiger partial charge in [0, 0.05) is 42.0 Å². The molecule has 2 atom stereocenters. The van der Waals surface area contributed by atoms with Crippen LogP contribution in [0.25, 0.3) is 22.5 Å². The molecule has 0 saturated carbocycles. The van der Waals surface area contributed by atoms with Crippen molar-refractivity contribution < 1.29 is 34.1 Å². The van der Waals surface area contributed by atoms with E-state index >= 15 is 0 Å². The highest BCUT2D eigenvalue weighted by Crippen LogP contribution is 2.25. The molecule has 0 bridgehead atoms. The van der Waals surface area contributed by atoms with Gasteiger partial charge in [-0.15, -0.1) is 0 Å². The molecular formula is C43H53N5O7. The van der Waals surface area contributed by atoms with Crippen molar-refractivity contribution in [2.75, 3.05) is 19.8 Å². The number of nitrogens with one attached hydrogen (secondary N) is 3. The normalized spacial score (nSPS) is 12.3. The number of benzene rings is 3. The number of nitrogens with zero attached hydrogens (tertiary/aromatic N) is 2. The molecule has 0 spiro atoms. The zero-order chi connectivity index (χ0) is 39.8. The van der Waals surface area contributed by atoms with Crippen LogP contribution in [0.15, 0.2) is 85.2 Å². The number of aliphatic carboxylic acids is 1. The maximum absolute atomic E-state index is 13.6. The molecule has 0 fully saturated rings. The summed E-state index contributed by atoms with van der Waals surface area (Å²) in [5.74, 6) is -2.03. The van der Waals surface area contributed by atoms with Crippen LogP contribution in [0.3, 0.4) is 0 Å². The summed E-state index contributed by atoms with van der Waals surface area (Å²) in [6.45, 7) is 8.71. The SMILES string of the molecule is CCCCCCCOc1ccc(-c2cnc(-c3ccc(C[C@H](NC(=O)c4ccc(C(C)(C)C)cc4)C(=O)N[C@@H](CC(=O)NCCO)C(=O)O)cc3)nc2)cc1. The Bertz CT molecular complexity index is 1840. The van der Waals surface area contributed by atoms with E-state index in [9.17, 15) is 24.3 Å². The average Bonchev–Trinajstić information content (AvgIpc) is 3.18. The predicted molar refractivity (Wildman–Crippen MR) is 212 cm³/mol. The Morgan fingerprint density at radius 3 is 2.00 bits per heavy atom. The van der Waals surface area contributed by atoms with E-state index in [4.69, 9.17) is 9.84 Å². The first kappa shape index (κ1) is 42.1. The third kappa shape index (κ3) is 13.3. The van der Waals surface area contributed by atoms with E-state index in [0.29, 0.717) is 23.6 Å². The fraction of sp³-hybridized carbons (Fsp3) is 0.395. The van der Waals surface area contributed by atoms with Gasteiger partial charge in [0.2, 0.25) is 11.8 Å². The summed E-state index contributed by atoms with van der Waals surface area (Å²) >= 11 is 0. The molecule has 0 unspecified atom stereocenters. The molecule has 55 heavy (non-hydrogen) atoms. The van der Waals surface area contributed by atoms with Crippen LogP contribution < -0.4 is 20.7 Å². The number of aliphatic hydroxyl groups excluding tert-OH is 1. The minimum atomic E-state index is -1.56. The number of aromatic nitrogens is 2. The van der Waals surface area contributed by atoms with Crippen molar-refractivity contribution in [2.45, 2.75) is 90.1 Å². The molecule has 0 saturated heterocycles. The minimum absolute atomic E-state index is 0.0271. The van der Waals surface area contributed by atoms with Crippen LogP contribution in [0.4, 0.5) is 0 Å². The summed E-state index contributed by atoms with van der Waals surface area (Å²) in [5.41, 5.74) is 4.47. The lowest BCUT2D eigenvalue weighted by Gasteiger charge is -2.22. The Morgan fingerprint density at radius 1 is 0.764 bits per heavy atom. The third-order valence-electron chi connectivity index (χ3n) is 9.08. The maximum atomic E-state index is 13.6. The van der Waals surface area contributed by atoms with Crippen LogP contribution in [0.5, 0.6) is 5.75 Å². The lowest BCUT2D eigenvalue weighted by Crippen LogP contribution is -2.53. The van der Waals surface area contributed by atoms with Gasteiger partial charge in [-0.25, -0.2) is 14.8 Å². The first-order valence-corrected chi connectivity index (χ1v) is 18.8. The van der Waals surface area contributed by atoms with Gasteiger partial charge in [-0.1, -0.05) is 102 Å². The third-order valence-corrected chi connectivity index (χ3v) is 9.08. The van der Waals surface area contributed by atoms with Crippen molar-refractivity contribution in [3.8, 4) is 28.3 Å². The predicted octanol–water partition coefficient (Wildman–Crippen LogP) is 5.87. The highest BCUT2D eigenvalue weighted by molar-refractivity contribution is 5.98. The standard InChI is InChI=1S/C43H53N5O7/c1-5-6-7-8-9-24-55-35-20-16-30(17-21-35)33-27-45-39(46-28-33)31-12-10-29(11-13-31)25-36(41(52)48-37(42(53)54)26-38(50)44-22-23-49)47-40(51)32-14-18-34(19-15-32)43(2,3)4/h10-21,27-28,36-37,49H,5-9,22-26H2,1-4H3,(H,44,50)(H,47,51)(H,48,52)(H,53,54)/t36-,37-/m0/s1. The number of carbonyl (C=O) groups excluding carboxylic acids is 3. The minimum Gasteiger partial charge on any atom is -0.494 e. The van der Waals surface area contributed by atoms with Crippen LogP contribution >= 0.6 is 0 Å². The van der Waals surface area contributed by atoms with Crippen molar-refractivity contribution in [1.82, 2.24) is 25.9 Å². The average molecular weight is 752 g/mol. The number of ether oxygens (including phenoxy) is 1. The van der Waals surface area contributed by atoms with Crippen LogP contribution in [0.1, 0.15) is 87.7 Å². The van der Waals surface area contributed by atoms with Crippen molar-refractivity contribution in [3.63, 3.8) is 0 Å². The van der Waals surface area contributed by atoms with Crippen molar-refractivity contribution in [1.29, 1.82) is 0 Å². The van der Waals surface area contributed by atoms with Gasteiger partial charge in [-0.2, -0.15) is 0 Å². The van der Waals surface area contributed by atoms with Gasteiger partial charge >= 0.3 is 5.97 Å². The van der Waals surface area contributed by atoms with Crippen LogP contribution in [0.2, 0.25) is 0 Å². The van der Waals surface area contributed by atoms with Gasteiger partial charge < -0.3 is 30.9 Å². The second-order valence-electron chi connectivity index (χ2n) is 14.5. The number of carboxylic acid groups (broad SMARTS) is 1. The van der Waals surface area contributed by atoms with E-state index in [1.165, 1.54) is 25.7 Å². The Morgan fingerprint density at radius 2 is 1.40 bits per heavy atom. The molecule has 1 heterocycles. The Balaban J connectivity index is 1.45. The molecule has 4 rings (SSSR count). The molecule has 0 aliphatic carbocycles. The molecule has 12 heteroatoms. The summed E-state index contributed by atoms with van der Waals surface area (Å²) in [4.78, 5) is 60.3. The number of carbonyl (C=O) groups is 4. The summed E-state index contributed by atoms with van der Waals surface area (Å²) in [5, 5.41) is 26.3. The van der Waals surface area contributed by atoms with Crippen LogP contribution in [0, 0.1) is 0 Å². The number of hydrogen-bond acceptors (Lipinski definition) is 8. The molecule has 3 amide bonds. The van der Waals surface area contributed by atoms with Gasteiger partial charge in [0.25, 0.3) is 5.91 Å². The molecule has 292 valence electrons. The zero-order valence-corrected chi connectivity index (χ0v) is 32.1. The second kappa shape index (κ2) is 20.7. The molecular weight excluding hydrogens is 699 g/mol. The molecule has 0 aliphatic heterocycles. The van der Waals surface area contributed by atoms with E-state index in [1.54, 1.807) is 36.7 Å². The summed E-state index contributed by atoms with van der Waals surface area (Å²) in [6, 6.07) is 19.4. The number of amides is 3. The van der Waals surface area contributed by atoms with Gasteiger partial charge in [0.05, 0.1) is 19.6 Å². The smallest absolute Gasteiger partial charge is 0.326 e. The first-order chi connectivity index (χ1) is 26.4. The van der Waals surface area contributed by atoms with E-state index in [2.05, 4.69) is 53.6 Å². The topological polar surface area (TPSA) is 180 Å². The maximum Gasteiger partial charge on any atom is 0.326 e. The second-order valence-corrected chi connectivity index (χ2v) is 14.5. The Kier molecular flexibility index (Phi) is 15.9.